The van der Waals surface area contributed by atoms with E-state index in [9.17, 15) is 4.79 Å². The number of hydrogen-bond acceptors (Lipinski definition) is 4. The van der Waals surface area contributed by atoms with Gasteiger partial charge in [0.1, 0.15) is 5.75 Å². The van der Waals surface area contributed by atoms with Gasteiger partial charge >= 0.3 is 5.97 Å². The van der Waals surface area contributed by atoms with Gasteiger partial charge in [0.25, 0.3) is 0 Å². The van der Waals surface area contributed by atoms with Crippen molar-refractivity contribution in [2.24, 2.45) is 16.8 Å². The Morgan fingerprint density at radius 3 is 2.77 bits per heavy atom. The zero-order valence-corrected chi connectivity index (χ0v) is 18.4. The van der Waals surface area contributed by atoms with E-state index in [1.807, 2.05) is 38.1 Å². The van der Waals surface area contributed by atoms with Crippen molar-refractivity contribution in [1.82, 2.24) is 10.2 Å². The number of carbonyl (C=O) groups excluding carboxylic acids is 1. The van der Waals surface area contributed by atoms with Gasteiger partial charge in [0, 0.05) is 19.6 Å². The van der Waals surface area contributed by atoms with Crippen LogP contribution in [0.2, 0.25) is 0 Å². The van der Waals surface area contributed by atoms with Crippen LogP contribution in [-0.2, 0) is 16.1 Å². The molecule has 0 bridgehead atoms. The van der Waals surface area contributed by atoms with Crippen LogP contribution in [0.4, 0.5) is 0 Å². The molecule has 2 unspecified atom stereocenters. The van der Waals surface area contributed by atoms with Gasteiger partial charge in [0.2, 0.25) is 0 Å². The van der Waals surface area contributed by atoms with Gasteiger partial charge < -0.3 is 19.7 Å². The number of halogens is 1. The molecule has 1 aliphatic rings. The van der Waals surface area contributed by atoms with Crippen LogP contribution in [0, 0.1) is 11.8 Å². The first kappa shape index (κ1) is 22.5. The summed E-state index contributed by atoms with van der Waals surface area (Å²) in [7, 11) is 1.45. The predicted octanol–water partition coefficient (Wildman–Crippen LogP) is 2.91. The number of nitrogens with zero attached hydrogens (tertiary/aromatic N) is 2. The van der Waals surface area contributed by atoms with Crippen LogP contribution in [0.5, 0.6) is 5.75 Å². The van der Waals surface area contributed by atoms with Gasteiger partial charge in [0.15, 0.2) is 5.96 Å². The predicted molar refractivity (Wildman–Crippen MR) is 114 cm³/mol. The minimum absolute atomic E-state index is 0. The number of hydrogen-bond donors (Lipinski definition) is 1. The fourth-order valence-corrected chi connectivity index (χ4v) is 3.09. The number of guanidine groups is 1. The van der Waals surface area contributed by atoms with Gasteiger partial charge in [-0.2, -0.15) is 0 Å². The third-order valence-corrected chi connectivity index (χ3v) is 4.37. The minimum atomic E-state index is -0.143. The van der Waals surface area contributed by atoms with Crippen LogP contribution in [0.1, 0.15) is 26.3 Å². The first-order chi connectivity index (χ1) is 12.1. The van der Waals surface area contributed by atoms with E-state index in [0.717, 1.165) is 30.4 Å². The van der Waals surface area contributed by atoms with Crippen molar-refractivity contribution in [3.63, 3.8) is 0 Å². The molecule has 146 valence electrons. The van der Waals surface area contributed by atoms with E-state index in [1.165, 1.54) is 7.11 Å². The van der Waals surface area contributed by atoms with Crippen molar-refractivity contribution >= 4 is 35.9 Å². The van der Waals surface area contributed by atoms with E-state index in [4.69, 9.17) is 14.5 Å². The van der Waals surface area contributed by atoms with E-state index >= 15 is 0 Å². The number of rotatable bonds is 6. The Morgan fingerprint density at radius 1 is 1.35 bits per heavy atom. The highest BCUT2D eigenvalue weighted by Gasteiger charge is 2.36. The summed E-state index contributed by atoms with van der Waals surface area (Å²) in [5.41, 5.74) is 1.10. The maximum Gasteiger partial charge on any atom is 0.310 e. The molecule has 1 aromatic rings. The number of nitrogens with one attached hydrogen (secondary N) is 1. The molecule has 1 N–H and O–H groups in total. The molecule has 1 aliphatic heterocycles. The third kappa shape index (κ3) is 6.03. The average Bonchev–Trinajstić information content (AvgIpc) is 3.00. The second-order valence-corrected chi connectivity index (χ2v) is 6.26. The Morgan fingerprint density at radius 2 is 2.12 bits per heavy atom. The molecule has 1 fully saturated rings. The van der Waals surface area contributed by atoms with Crippen molar-refractivity contribution in [3.8, 4) is 5.75 Å². The maximum atomic E-state index is 11.9. The average molecular weight is 475 g/mol. The van der Waals surface area contributed by atoms with Crippen LogP contribution in [-0.4, -0.2) is 50.2 Å². The van der Waals surface area contributed by atoms with E-state index < -0.39 is 0 Å². The fraction of sp³-hybridized carbons (Fsp3) is 0.579. The fourth-order valence-electron chi connectivity index (χ4n) is 3.09. The molecule has 1 aromatic carbocycles. The van der Waals surface area contributed by atoms with Gasteiger partial charge in [0.05, 0.1) is 26.2 Å². The monoisotopic (exact) mass is 475 g/mol. The van der Waals surface area contributed by atoms with Crippen LogP contribution >= 0.6 is 24.0 Å². The second-order valence-electron chi connectivity index (χ2n) is 6.26. The molecule has 0 aliphatic carbocycles. The Labute approximate surface area is 173 Å². The number of methoxy groups -OCH3 is 1. The molecule has 0 amide bonds. The summed E-state index contributed by atoms with van der Waals surface area (Å²) in [6.45, 7) is 9.53. The summed E-state index contributed by atoms with van der Waals surface area (Å²) in [5.74, 6) is 1.70. The highest BCUT2D eigenvalue weighted by Crippen LogP contribution is 2.24. The zero-order chi connectivity index (χ0) is 18.2. The Balaban J connectivity index is 0.00000338. The lowest BCUT2D eigenvalue weighted by atomic mass is 9.99. The molecule has 0 saturated carbocycles. The van der Waals surface area contributed by atoms with Crippen LogP contribution in [0.3, 0.4) is 0 Å². The first-order valence-corrected chi connectivity index (χ1v) is 8.91. The smallest absolute Gasteiger partial charge is 0.310 e. The molecule has 1 saturated heterocycles. The Kier molecular flexibility index (Phi) is 9.75. The van der Waals surface area contributed by atoms with Gasteiger partial charge in [-0.1, -0.05) is 19.1 Å². The molecule has 0 radical (unpaired) electrons. The van der Waals surface area contributed by atoms with Gasteiger partial charge in [-0.3, -0.25) is 4.79 Å². The third-order valence-electron chi connectivity index (χ3n) is 4.37. The van der Waals surface area contributed by atoms with E-state index in [-0.39, 0.29) is 41.8 Å². The lowest BCUT2D eigenvalue weighted by molar-refractivity contribution is -0.145. The van der Waals surface area contributed by atoms with Crippen LogP contribution < -0.4 is 10.1 Å². The van der Waals surface area contributed by atoms with Crippen LogP contribution in [0.25, 0.3) is 0 Å². The van der Waals surface area contributed by atoms with E-state index in [2.05, 4.69) is 17.1 Å². The summed E-state index contributed by atoms with van der Waals surface area (Å²) >= 11 is 0. The van der Waals surface area contributed by atoms with Crippen molar-refractivity contribution in [2.75, 3.05) is 33.4 Å². The highest BCUT2D eigenvalue weighted by molar-refractivity contribution is 14.0. The molecule has 2 atom stereocenters. The van der Waals surface area contributed by atoms with Crippen LogP contribution in [0.15, 0.2) is 29.3 Å². The lowest BCUT2D eigenvalue weighted by Crippen LogP contribution is -2.40. The molecule has 7 heteroatoms. The summed E-state index contributed by atoms with van der Waals surface area (Å²) in [6.07, 6.45) is 0. The number of carbonyl (C=O) groups is 1. The normalized spacial score (nSPS) is 19.7. The number of ether oxygens (including phenoxy) is 2. The van der Waals surface area contributed by atoms with Crippen molar-refractivity contribution < 1.29 is 14.3 Å². The van der Waals surface area contributed by atoms with Crippen molar-refractivity contribution in [3.05, 3.63) is 29.8 Å². The number of aliphatic imine (C=N–C) groups is 1. The Bertz CT molecular complexity index is 609. The summed E-state index contributed by atoms with van der Waals surface area (Å²) in [5, 5.41) is 3.33. The topological polar surface area (TPSA) is 63.2 Å². The summed E-state index contributed by atoms with van der Waals surface area (Å²) in [6, 6.07) is 7.98. The summed E-state index contributed by atoms with van der Waals surface area (Å²) in [4.78, 5) is 18.8. The standard InChI is InChI=1S/C19H29N3O3.HI/c1-5-20-19(22-12-14(3)17(13-22)18(23)24-4)21-11-15-8-7-9-16(10-15)25-6-2;/h7-10,14,17H,5-6,11-13H2,1-4H3,(H,20,21);1H. The number of benzene rings is 1. The lowest BCUT2D eigenvalue weighted by Gasteiger charge is -2.21. The van der Waals surface area contributed by atoms with Gasteiger partial charge in [-0.15, -0.1) is 24.0 Å². The number of esters is 1. The van der Waals surface area contributed by atoms with Crippen molar-refractivity contribution in [1.29, 1.82) is 0 Å². The second kappa shape index (κ2) is 11.3. The van der Waals surface area contributed by atoms with E-state index in [1.54, 1.807) is 0 Å². The van der Waals surface area contributed by atoms with Gasteiger partial charge in [-0.25, -0.2) is 4.99 Å². The van der Waals surface area contributed by atoms with E-state index in [0.29, 0.717) is 19.7 Å². The number of likely N-dealkylation sites (tertiary alicyclic amines) is 1. The molecular weight excluding hydrogens is 445 g/mol. The molecule has 2 rings (SSSR count). The molecule has 0 aromatic heterocycles. The Hall–Kier alpha value is -1.51. The molecular formula is C19H30IN3O3. The highest BCUT2D eigenvalue weighted by atomic mass is 127. The summed E-state index contributed by atoms with van der Waals surface area (Å²) < 4.78 is 10.5. The zero-order valence-electron chi connectivity index (χ0n) is 16.0. The molecule has 6 nitrogen and oxygen atoms in total. The SMILES string of the molecule is CCNC(=NCc1cccc(OCC)c1)N1CC(C)C(C(=O)OC)C1.I. The minimum Gasteiger partial charge on any atom is -0.494 e. The first-order valence-electron chi connectivity index (χ1n) is 8.91. The maximum absolute atomic E-state index is 11.9. The molecule has 1 heterocycles. The molecule has 26 heavy (non-hydrogen) atoms. The van der Waals surface area contributed by atoms with Crippen molar-refractivity contribution in [2.45, 2.75) is 27.3 Å². The largest absolute Gasteiger partial charge is 0.494 e. The quantitative estimate of drug-likeness (QED) is 0.297. The molecule has 0 spiro atoms. The van der Waals surface area contributed by atoms with Gasteiger partial charge in [-0.05, 0) is 37.5 Å².